The van der Waals surface area contributed by atoms with Crippen LogP contribution in [0.3, 0.4) is 0 Å². The van der Waals surface area contributed by atoms with E-state index in [1.165, 1.54) is 31.2 Å². The van der Waals surface area contributed by atoms with Crippen LogP contribution >= 0.6 is 0 Å². The highest BCUT2D eigenvalue weighted by molar-refractivity contribution is 5.80. The Morgan fingerprint density at radius 2 is 1.70 bits per heavy atom. The number of hydrogen-bond acceptors (Lipinski definition) is 2. The van der Waals surface area contributed by atoms with E-state index in [-0.39, 0.29) is 5.41 Å². The molecule has 2 heteroatoms. The van der Waals surface area contributed by atoms with Crippen LogP contribution in [0, 0.1) is 0 Å². The largest absolute Gasteiger partial charge is 0.507 e. The van der Waals surface area contributed by atoms with Crippen LogP contribution in [0.15, 0.2) is 42.5 Å². The monoisotopic (exact) mass is 311 g/mol. The van der Waals surface area contributed by atoms with Crippen molar-refractivity contribution in [3.8, 4) is 16.9 Å². The molecule has 0 aliphatic carbocycles. The maximum Gasteiger partial charge on any atom is 0.123 e. The van der Waals surface area contributed by atoms with E-state index in [1.807, 2.05) is 36.4 Å². The standard InChI is InChI=1S/C21H29NO/c1-4-5-6-9-14-21(2,3)16-12-13-18(20(23)15-16)17-10-7-8-11-19(17)22/h7-8,10-13,15,23H,4-6,9,14,22H2,1-3H3. The molecule has 0 spiro atoms. The lowest BCUT2D eigenvalue weighted by Crippen LogP contribution is -2.16. The molecule has 0 aliphatic heterocycles. The highest BCUT2D eigenvalue weighted by Gasteiger charge is 2.21. The summed E-state index contributed by atoms with van der Waals surface area (Å²) in [5, 5.41) is 10.5. The summed E-state index contributed by atoms with van der Waals surface area (Å²) in [6.45, 7) is 6.74. The quantitative estimate of drug-likeness (QED) is 0.494. The Morgan fingerprint density at radius 3 is 2.35 bits per heavy atom. The van der Waals surface area contributed by atoms with Crippen LogP contribution in [0.2, 0.25) is 0 Å². The summed E-state index contributed by atoms with van der Waals surface area (Å²) in [5.41, 5.74) is 9.66. The molecule has 2 aromatic carbocycles. The van der Waals surface area contributed by atoms with Crippen LogP contribution in [0.5, 0.6) is 5.75 Å². The van der Waals surface area contributed by atoms with E-state index in [1.54, 1.807) is 0 Å². The minimum Gasteiger partial charge on any atom is -0.507 e. The molecule has 0 amide bonds. The Bertz CT molecular complexity index is 646. The van der Waals surface area contributed by atoms with Gasteiger partial charge in [-0.3, -0.25) is 0 Å². The maximum atomic E-state index is 10.5. The molecule has 2 aromatic rings. The van der Waals surface area contributed by atoms with Crippen molar-refractivity contribution in [3.63, 3.8) is 0 Å². The molecular weight excluding hydrogens is 282 g/mol. The van der Waals surface area contributed by atoms with Gasteiger partial charge in [0.05, 0.1) is 0 Å². The van der Waals surface area contributed by atoms with Gasteiger partial charge >= 0.3 is 0 Å². The van der Waals surface area contributed by atoms with Crippen molar-refractivity contribution in [2.24, 2.45) is 0 Å². The summed E-state index contributed by atoms with van der Waals surface area (Å²) >= 11 is 0. The van der Waals surface area contributed by atoms with Crippen LogP contribution in [0.1, 0.15) is 58.4 Å². The van der Waals surface area contributed by atoms with Crippen molar-refractivity contribution in [2.45, 2.75) is 58.3 Å². The topological polar surface area (TPSA) is 46.2 Å². The van der Waals surface area contributed by atoms with Crippen molar-refractivity contribution < 1.29 is 5.11 Å². The SMILES string of the molecule is CCCCCCC(C)(C)c1ccc(-c2ccccc2N)c(O)c1. The first-order valence-corrected chi connectivity index (χ1v) is 8.64. The van der Waals surface area contributed by atoms with E-state index < -0.39 is 0 Å². The first-order valence-electron chi connectivity index (χ1n) is 8.64. The van der Waals surface area contributed by atoms with E-state index in [9.17, 15) is 5.11 Å². The molecule has 0 fully saturated rings. The number of nitrogens with two attached hydrogens (primary N) is 1. The number of anilines is 1. The van der Waals surface area contributed by atoms with Gasteiger partial charge in [-0.15, -0.1) is 0 Å². The molecule has 0 unspecified atom stereocenters. The number of nitrogen functional groups attached to an aromatic ring is 1. The van der Waals surface area contributed by atoms with Gasteiger partial charge in [0, 0.05) is 16.8 Å². The molecule has 2 rings (SSSR count). The molecule has 0 radical (unpaired) electrons. The van der Waals surface area contributed by atoms with Crippen LogP contribution in [-0.2, 0) is 5.41 Å². The molecule has 0 saturated heterocycles. The van der Waals surface area contributed by atoms with Crippen molar-refractivity contribution >= 4 is 5.69 Å². The Kier molecular flexibility index (Phi) is 5.70. The summed E-state index contributed by atoms with van der Waals surface area (Å²) in [6, 6.07) is 13.7. The number of phenols is 1. The summed E-state index contributed by atoms with van der Waals surface area (Å²) in [6.07, 6.45) is 6.21. The molecule has 0 heterocycles. The van der Waals surface area contributed by atoms with Crippen LogP contribution in [-0.4, -0.2) is 5.11 Å². The maximum absolute atomic E-state index is 10.5. The molecule has 0 aliphatic rings. The summed E-state index contributed by atoms with van der Waals surface area (Å²) < 4.78 is 0. The fourth-order valence-corrected chi connectivity index (χ4v) is 3.06. The summed E-state index contributed by atoms with van der Waals surface area (Å²) in [4.78, 5) is 0. The molecular formula is C21H29NO. The third-order valence-electron chi connectivity index (χ3n) is 4.69. The number of benzene rings is 2. The first kappa shape index (κ1) is 17.4. The van der Waals surface area contributed by atoms with Gasteiger partial charge in [-0.1, -0.05) is 76.8 Å². The number of rotatable bonds is 7. The molecule has 23 heavy (non-hydrogen) atoms. The van der Waals surface area contributed by atoms with E-state index in [4.69, 9.17) is 5.73 Å². The van der Waals surface area contributed by atoms with Gasteiger partial charge in [-0.05, 0) is 29.5 Å². The van der Waals surface area contributed by atoms with Crippen molar-refractivity contribution in [3.05, 3.63) is 48.0 Å². The van der Waals surface area contributed by atoms with Crippen molar-refractivity contribution in [1.82, 2.24) is 0 Å². The van der Waals surface area contributed by atoms with Gasteiger partial charge in [-0.2, -0.15) is 0 Å². The van der Waals surface area contributed by atoms with Gasteiger partial charge < -0.3 is 10.8 Å². The highest BCUT2D eigenvalue weighted by atomic mass is 16.3. The van der Waals surface area contributed by atoms with Gasteiger partial charge in [0.15, 0.2) is 0 Å². The highest BCUT2D eigenvalue weighted by Crippen LogP contribution is 2.38. The fraction of sp³-hybridized carbons (Fsp3) is 0.429. The molecule has 0 atom stereocenters. The lowest BCUT2D eigenvalue weighted by atomic mass is 9.79. The second-order valence-electron chi connectivity index (χ2n) is 7.01. The Morgan fingerprint density at radius 1 is 0.957 bits per heavy atom. The summed E-state index contributed by atoms with van der Waals surface area (Å²) in [5.74, 6) is 0.307. The third-order valence-corrected chi connectivity index (χ3v) is 4.69. The smallest absolute Gasteiger partial charge is 0.123 e. The molecule has 3 N–H and O–H groups in total. The lowest BCUT2D eigenvalue weighted by molar-refractivity contribution is 0.438. The summed E-state index contributed by atoms with van der Waals surface area (Å²) in [7, 11) is 0. The Hall–Kier alpha value is -1.96. The molecule has 124 valence electrons. The zero-order valence-corrected chi connectivity index (χ0v) is 14.6. The average molecular weight is 311 g/mol. The molecule has 0 aromatic heterocycles. The Labute approximate surface area is 140 Å². The molecule has 0 saturated carbocycles. The second kappa shape index (κ2) is 7.54. The molecule has 0 bridgehead atoms. The second-order valence-corrected chi connectivity index (χ2v) is 7.01. The van der Waals surface area contributed by atoms with E-state index >= 15 is 0 Å². The van der Waals surface area contributed by atoms with Crippen LogP contribution in [0.4, 0.5) is 5.69 Å². The van der Waals surface area contributed by atoms with E-state index in [0.29, 0.717) is 11.4 Å². The van der Waals surface area contributed by atoms with Crippen LogP contribution in [0.25, 0.3) is 11.1 Å². The third kappa shape index (κ3) is 4.28. The minimum absolute atomic E-state index is 0.0754. The fourth-order valence-electron chi connectivity index (χ4n) is 3.06. The minimum atomic E-state index is 0.0754. The Balaban J connectivity index is 2.20. The number of aromatic hydroxyl groups is 1. The zero-order valence-electron chi connectivity index (χ0n) is 14.6. The van der Waals surface area contributed by atoms with Gasteiger partial charge in [0.2, 0.25) is 0 Å². The predicted octanol–water partition coefficient (Wildman–Crippen LogP) is 5.89. The molecule has 2 nitrogen and oxygen atoms in total. The average Bonchev–Trinajstić information content (AvgIpc) is 2.52. The van der Waals surface area contributed by atoms with Crippen LogP contribution < -0.4 is 5.73 Å². The van der Waals surface area contributed by atoms with Gasteiger partial charge in [0.1, 0.15) is 5.75 Å². The normalized spacial score (nSPS) is 11.6. The number of phenolic OH excluding ortho intramolecular Hbond substituents is 1. The van der Waals surface area contributed by atoms with Gasteiger partial charge in [-0.25, -0.2) is 0 Å². The van der Waals surface area contributed by atoms with Crippen molar-refractivity contribution in [1.29, 1.82) is 0 Å². The van der Waals surface area contributed by atoms with Gasteiger partial charge in [0.25, 0.3) is 0 Å². The lowest BCUT2D eigenvalue weighted by Gasteiger charge is -2.26. The first-order chi connectivity index (χ1) is 11.0. The number of unbranched alkanes of at least 4 members (excludes halogenated alkanes) is 3. The van der Waals surface area contributed by atoms with E-state index in [0.717, 1.165) is 17.5 Å². The predicted molar refractivity (Wildman–Crippen MR) is 99.7 cm³/mol. The van der Waals surface area contributed by atoms with E-state index in [2.05, 4.69) is 26.8 Å². The zero-order chi connectivity index (χ0) is 16.9. The number of hydrogen-bond donors (Lipinski definition) is 2. The number of para-hydroxylation sites is 1. The van der Waals surface area contributed by atoms with Crippen molar-refractivity contribution in [2.75, 3.05) is 5.73 Å².